The van der Waals surface area contributed by atoms with Crippen molar-refractivity contribution in [2.75, 3.05) is 5.73 Å². The molecule has 0 saturated heterocycles. The van der Waals surface area contributed by atoms with Gasteiger partial charge in [0.25, 0.3) is 20.2 Å². The lowest BCUT2D eigenvalue weighted by Crippen LogP contribution is -2.01. The van der Waals surface area contributed by atoms with Gasteiger partial charge in [-0.05, 0) is 96.7 Å². The number of hydrogen-bond donors (Lipinski definition) is 5. The number of aryl methyl sites for hydroxylation is 1. The Morgan fingerprint density at radius 3 is 1.50 bits per heavy atom. The van der Waals surface area contributed by atoms with E-state index in [4.69, 9.17) is 5.73 Å². The van der Waals surface area contributed by atoms with E-state index in [0.717, 1.165) is 12.1 Å². The zero-order valence-corrected chi connectivity index (χ0v) is 31.6. The molecule has 0 amide bonds. The van der Waals surface area contributed by atoms with Crippen molar-refractivity contribution in [1.82, 2.24) is 0 Å². The van der Waals surface area contributed by atoms with Gasteiger partial charge in [-0.1, -0.05) is 42.5 Å². The van der Waals surface area contributed by atoms with Gasteiger partial charge in [-0.25, -0.2) is 0 Å². The molecule has 0 heterocycles. The van der Waals surface area contributed by atoms with Gasteiger partial charge in [-0.3, -0.25) is 9.11 Å². The quantitative estimate of drug-likeness (QED) is 0.0498. The number of nitrogens with two attached hydrogens (primary N) is 1. The zero-order chi connectivity index (χ0) is 41.2. The smallest absolute Gasteiger partial charge is 0.296 e. The van der Waals surface area contributed by atoms with Crippen molar-refractivity contribution in [3.05, 3.63) is 127 Å². The van der Waals surface area contributed by atoms with E-state index in [0.29, 0.717) is 17.1 Å². The lowest BCUT2D eigenvalue weighted by molar-refractivity contribution is 0.472. The molecule has 0 radical (unpaired) electrons. The van der Waals surface area contributed by atoms with Crippen LogP contribution in [0.1, 0.15) is 5.56 Å². The first-order valence-electron chi connectivity index (χ1n) is 16.9. The molecule has 17 nitrogen and oxygen atoms in total. The van der Waals surface area contributed by atoms with E-state index in [1.54, 1.807) is 66.7 Å². The number of phenolic OH excluding ortho intramolecular Hbond substituents is 2. The Morgan fingerprint density at radius 2 is 0.931 bits per heavy atom. The number of hydrogen-bond acceptors (Lipinski definition) is 15. The summed E-state index contributed by atoms with van der Waals surface area (Å²) >= 11 is 0. The minimum atomic E-state index is -4.98. The summed E-state index contributed by atoms with van der Waals surface area (Å²) in [6, 6.07) is 31.5. The van der Waals surface area contributed by atoms with E-state index in [1.807, 2.05) is 18.2 Å². The number of azo groups is 4. The van der Waals surface area contributed by atoms with Crippen LogP contribution >= 0.6 is 0 Å². The van der Waals surface area contributed by atoms with Crippen LogP contribution in [0.3, 0.4) is 0 Å². The third-order valence-corrected chi connectivity index (χ3v) is 10.5. The summed E-state index contributed by atoms with van der Waals surface area (Å²) in [5.41, 5.74) is 7.62. The van der Waals surface area contributed by atoms with Gasteiger partial charge in [-0.2, -0.15) is 42.4 Å². The van der Waals surface area contributed by atoms with Crippen molar-refractivity contribution in [2.24, 2.45) is 40.9 Å². The van der Waals surface area contributed by atoms with Gasteiger partial charge in [-0.15, -0.1) is 15.3 Å². The molecule has 0 aliphatic carbocycles. The Morgan fingerprint density at radius 1 is 0.466 bits per heavy atom. The standard InChI is InChI=1S/C39H29N9O8S2/c1-22-29-20-34(58(54,55)56)37(48-44-26-14-12-25(13-15-26)42-41-23-8-4-2-5-9-23)38(49)27(29)16-18-30(22)45-47-32-21-33(57(51,52)53)28-17-19-31(39(50)35(28)36(32)40)46-43-24-10-6-3-7-11-24/h2-21,49-50H,40H2,1H3,(H,51,52,53)(H,54,55,56). The molecule has 0 spiro atoms. The fraction of sp³-hybridized carbons (Fsp3) is 0.0256. The maximum Gasteiger partial charge on any atom is 0.296 e. The van der Waals surface area contributed by atoms with Crippen molar-refractivity contribution in [3.63, 3.8) is 0 Å². The predicted octanol–water partition coefficient (Wildman–Crippen LogP) is 11.4. The number of nitrogens with zero attached hydrogens (tertiary/aromatic N) is 8. The number of rotatable bonds is 10. The van der Waals surface area contributed by atoms with Crippen LogP contribution in [0.25, 0.3) is 21.5 Å². The Kier molecular flexibility index (Phi) is 10.5. The number of nitrogen functional groups attached to an aromatic ring is 1. The summed E-state index contributed by atoms with van der Waals surface area (Å²) < 4.78 is 70.4. The average molecular weight is 816 g/mol. The SMILES string of the molecule is Cc1c(N=Nc2cc(S(=O)(=O)O)c3ccc(N=Nc4ccccc4)c(O)c3c2N)ccc2c(O)c(N=Nc3ccc(N=Nc4ccccc4)cc3)c(S(=O)(=O)O)cc12. The van der Waals surface area contributed by atoms with Gasteiger partial charge < -0.3 is 15.9 Å². The molecular formula is C39H29N9O8S2. The second kappa shape index (κ2) is 15.7. The van der Waals surface area contributed by atoms with Crippen molar-refractivity contribution < 1.29 is 36.2 Å². The number of fused-ring (bicyclic) bond motifs is 2. The van der Waals surface area contributed by atoms with Gasteiger partial charge in [0.05, 0.1) is 39.5 Å². The van der Waals surface area contributed by atoms with Gasteiger partial charge >= 0.3 is 0 Å². The molecular weight excluding hydrogens is 787 g/mol. The molecule has 0 bridgehead atoms. The highest BCUT2D eigenvalue weighted by Gasteiger charge is 2.25. The lowest BCUT2D eigenvalue weighted by Gasteiger charge is -2.13. The third-order valence-electron chi connectivity index (χ3n) is 8.71. The summed E-state index contributed by atoms with van der Waals surface area (Å²) in [6.07, 6.45) is 0. The highest BCUT2D eigenvalue weighted by Crippen LogP contribution is 2.47. The van der Waals surface area contributed by atoms with Crippen LogP contribution in [0, 0.1) is 6.92 Å². The van der Waals surface area contributed by atoms with Crippen LogP contribution in [-0.2, 0) is 20.2 Å². The fourth-order valence-corrected chi connectivity index (χ4v) is 7.17. The van der Waals surface area contributed by atoms with Crippen molar-refractivity contribution >= 4 is 93.0 Å². The highest BCUT2D eigenvalue weighted by atomic mass is 32.2. The maximum absolute atomic E-state index is 12.6. The van der Waals surface area contributed by atoms with Crippen LogP contribution in [0.5, 0.6) is 11.5 Å². The molecule has 0 fully saturated rings. The molecule has 0 saturated carbocycles. The minimum absolute atomic E-state index is 0.0585. The van der Waals surface area contributed by atoms with E-state index in [2.05, 4.69) is 40.9 Å². The fourth-order valence-electron chi connectivity index (χ4n) is 5.82. The Bertz CT molecular complexity index is 3090. The largest absolute Gasteiger partial charge is 0.505 e. The third kappa shape index (κ3) is 8.13. The predicted molar refractivity (Wildman–Crippen MR) is 216 cm³/mol. The second-order valence-electron chi connectivity index (χ2n) is 12.5. The van der Waals surface area contributed by atoms with Gasteiger partial charge in [0.2, 0.25) is 0 Å². The molecule has 7 aromatic carbocycles. The van der Waals surface area contributed by atoms with Crippen LogP contribution in [0.4, 0.5) is 51.2 Å². The van der Waals surface area contributed by atoms with E-state index >= 15 is 0 Å². The number of benzene rings is 7. The van der Waals surface area contributed by atoms with Crippen molar-refractivity contribution in [2.45, 2.75) is 16.7 Å². The van der Waals surface area contributed by atoms with Crippen LogP contribution in [-0.4, -0.2) is 36.2 Å². The molecule has 0 atom stereocenters. The highest BCUT2D eigenvalue weighted by molar-refractivity contribution is 7.86. The summed E-state index contributed by atoms with van der Waals surface area (Å²) in [5, 5.41) is 55.2. The molecule has 0 aliphatic heterocycles. The van der Waals surface area contributed by atoms with Gasteiger partial charge in [0.15, 0.2) is 11.5 Å². The summed E-state index contributed by atoms with van der Waals surface area (Å²) in [5.74, 6) is -1.15. The van der Waals surface area contributed by atoms with Gasteiger partial charge in [0, 0.05) is 10.8 Å². The first-order valence-corrected chi connectivity index (χ1v) is 19.8. The summed E-state index contributed by atoms with van der Waals surface area (Å²) in [6.45, 7) is 1.53. The average Bonchev–Trinajstić information content (AvgIpc) is 3.20. The molecule has 58 heavy (non-hydrogen) atoms. The van der Waals surface area contributed by atoms with E-state index in [9.17, 15) is 36.2 Å². The zero-order valence-electron chi connectivity index (χ0n) is 29.9. The summed E-state index contributed by atoms with van der Waals surface area (Å²) in [4.78, 5) is -1.38. The van der Waals surface area contributed by atoms with Gasteiger partial charge in [0.1, 0.15) is 26.9 Å². The van der Waals surface area contributed by atoms with Crippen LogP contribution in [0.2, 0.25) is 0 Å². The monoisotopic (exact) mass is 815 g/mol. The van der Waals surface area contributed by atoms with Crippen LogP contribution in [0.15, 0.2) is 172 Å². The minimum Gasteiger partial charge on any atom is -0.505 e. The number of phenols is 2. The van der Waals surface area contributed by atoms with E-state index in [1.165, 1.54) is 31.2 Å². The molecule has 290 valence electrons. The molecule has 0 aliphatic rings. The Hall–Kier alpha value is -7.32. The molecule has 0 aromatic heterocycles. The van der Waals surface area contributed by atoms with E-state index < -0.39 is 47.2 Å². The Labute approximate surface area is 329 Å². The second-order valence-corrected chi connectivity index (χ2v) is 15.3. The first-order chi connectivity index (χ1) is 27.7. The number of anilines is 1. The molecule has 6 N–H and O–H groups in total. The topological polar surface area (TPSA) is 274 Å². The molecule has 19 heteroatoms. The van der Waals surface area contributed by atoms with E-state index in [-0.39, 0.29) is 55.5 Å². The van der Waals surface area contributed by atoms with Crippen LogP contribution < -0.4 is 5.73 Å². The van der Waals surface area contributed by atoms with Crippen molar-refractivity contribution in [3.8, 4) is 11.5 Å². The van der Waals surface area contributed by atoms with Crippen molar-refractivity contribution in [1.29, 1.82) is 0 Å². The summed E-state index contributed by atoms with van der Waals surface area (Å²) in [7, 11) is -9.87. The lowest BCUT2D eigenvalue weighted by atomic mass is 10.0. The molecule has 7 rings (SSSR count). The molecule has 0 unspecified atom stereocenters. The normalized spacial score (nSPS) is 12.6. The maximum atomic E-state index is 12.6. The molecule has 7 aromatic rings. The first kappa shape index (κ1) is 38.9. The number of aromatic hydroxyl groups is 2. The Balaban J connectivity index is 1.25.